The first-order chi connectivity index (χ1) is 12.2. The van der Waals surface area contributed by atoms with Crippen LogP contribution in [0.4, 0.5) is 0 Å². The SMILES string of the molecule is CCCCCCCCCCCCCC(=NO)c1cc(OC)ccc1O. The molecule has 0 unspecified atom stereocenters. The number of hydrogen-bond acceptors (Lipinski definition) is 4. The maximum absolute atomic E-state index is 9.96. The lowest BCUT2D eigenvalue weighted by Crippen LogP contribution is -2.02. The summed E-state index contributed by atoms with van der Waals surface area (Å²) in [4.78, 5) is 0. The van der Waals surface area contributed by atoms with Crippen LogP contribution in [0.25, 0.3) is 0 Å². The molecule has 0 heterocycles. The van der Waals surface area contributed by atoms with Gasteiger partial charge in [0.05, 0.1) is 12.8 Å². The molecule has 1 aromatic carbocycles. The molecule has 0 aliphatic carbocycles. The number of phenols is 1. The first kappa shape index (κ1) is 21.3. The minimum absolute atomic E-state index is 0.122. The largest absolute Gasteiger partial charge is 0.507 e. The molecule has 1 aromatic rings. The molecule has 0 bridgehead atoms. The molecule has 0 saturated heterocycles. The molecule has 0 aromatic heterocycles. The predicted molar refractivity (Wildman–Crippen MR) is 104 cm³/mol. The van der Waals surface area contributed by atoms with Gasteiger partial charge in [0.1, 0.15) is 11.5 Å². The fourth-order valence-corrected chi connectivity index (χ4v) is 3.07. The molecule has 1 rings (SSSR count). The van der Waals surface area contributed by atoms with Crippen molar-refractivity contribution < 1.29 is 15.1 Å². The Morgan fingerprint density at radius 2 is 1.48 bits per heavy atom. The Bertz CT molecular complexity index is 500. The predicted octanol–water partition coefficient (Wildman–Crippen LogP) is 6.28. The molecule has 0 aliphatic heterocycles. The van der Waals surface area contributed by atoms with Crippen LogP contribution in [0.1, 0.15) is 89.5 Å². The smallest absolute Gasteiger partial charge is 0.125 e. The maximum Gasteiger partial charge on any atom is 0.125 e. The van der Waals surface area contributed by atoms with E-state index in [2.05, 4.69) is 12.1 Å². The van der Waals surface area contributed by atoms with Crippen LogP contribution < -0.4 is 4.74 Å². The molecule has 0 aliphatic rings. The summed E-state index contributed by atoms with van der Waals surface area (Å²) >= 11 is 0. The van der Waals surface area contributed by atoms with E-state index in [0.29, 0.717) is 23.4 Å². The summed E-state index contributed by atoms with van der Waals surface area (Å²) in [5, 5.41) is 22.6. The zero-order valence-electron chi connectivity index (χ0n) is 16.0. The maximum atomic E-state index is 9.96. The molecule has 2 N–H and O–H groups in total. The van der Waals surface area contributed by atoms with Gasteiger partial charge >= 0.3 is 0 Å². The molecule has 25 heavy (non-hydrogen) atoms. The van der Waals surface area contributed by atoms with Crippen molar-refractivity contribution in [3.05, 3.63) is 23.8 Å². The van der Waals surface area contributed by atoms with Crippen molar-refractivity contribution in [3.63, 3.8) is 0 Å². The molecule has 4 heteroatoms. The number of phenolic OH excluding ortho intramolecular Hbond substituents is 1. The summed E-state index contributed by atoms with van der Waals surface area (Å²) < 4.78 is 5.17. The lowest BCUT2D eigenvalue weighted by molar-refractivity contribution is 0.317. The summed E-state index contributed by atoms with van der Waals surface area (Å²) in [5.41, 5.74) is 1.07. The van der Waals surface area contributed by atoms with Gasteiger partial charge in [-0.05, 0) is 31.0 Å². The summed E-state index contributed by atoms with van der Waals surface area (Å²) in [6.45, 7) is 2.25. The fourth-order valence-electron chi connectivity index (χ4n) is 3.07. The van der Waals surface area contributed by atoms with Gasteiger partial charge in [-0.1, -0.05) is 76.3 Å². The molecule has 0 spiro atoms. The molecular weight excluding hydrogens is 314 g/mol. The Hall–Kier alpha value is -1.71. The zero-order chi connectivity index (χ0) is 18.3. The molecule has 0 saturated carbocycles. The highest BCUT2D eigenvalue weighted by atomic mass is 16.5. The Labute approximate surface area is 152 Å². The van der Waals surface area contributed by atoms with E-state index < -0.39 is 0 Å². The molecule has 142 valence electrons. The quantitative estimate of drug-likeness (QED) is 0.180. The highest BCUT2D eigenvalue weighted by Crippen LogP contribution is 2.25. The fraction of sp³-hybridized carbons (Fsp3) is 0.667. The summed E-state index contributed by atoms with van der Waals surface area (Å²) in [5.74, 6) is 0.768. The molecule has 0 radical (unpaired) electrons. The summed E-state index contributed by atoms with van der Waals surface area (Å²) in [7, 11) is 1.58. The normalized spacial score (nSPS) is 11.7. The van der Waals surface area contributed by atoms with E-state index in [1.165, 1.54) is 57.8 Å². The lowest BCUT2D eigenvalue weighted by atomic mass is 10.0. The van der Waals surface area contributed by atoms with E-state index >= 15 is 0 Å². The van der Waals surface area contributed by atoms with E-state index in [4.69, 9.17) is 4.74 Å². The highest BCUT2D eigenvalue weighted by Gasteiger charge is 2.11. The van der Waals surface area contributed by atoms with Crippen LogP contribution in [0.5, 0.6) is 11.5 Å². The number of aromatic hydroxyl groups is 1. The average Bonchev–Trinajstić information content (AvgIpc) is 2.63. The standard InChI is InChI=1S/C21H35NO3/c1-3-4-5-6-7-8-9-10-11-12-13-14-20(22-24)19-17-18(25-2)15-16-21(19)23/h15-17,23-24H,3-14H2,1-2H3. The number of unbranched alkanes of at least 4 members (excludes halogenated alkanes) is 10. The lowest BCUT2D eigenvalue weighted by Gasteiger charge is -2.09. The van der Waals surface area contributed by atoms with Crippen LogP contribution in [0, 0.1) is 0 Å². The van der Waals surface area contributed by atoms with Crippen molar-refractivity contribution >= 4 is 5.71 Å². The second-order valence-electron chi connectivity index (χ2n) is 6.72. The van der Waals surface area contributed by atoms with E-state index in [0.717, 1.165) is 12.8 Å². The Morgan fingerprint density at radius 1 is 0.920 bits per heavy atom. The van der Waals surface area contributed by atoms with Gasteiger partial charge in [-0.15, -0.1) is 0 Å². The van der Waals surface area contributed by atoms with Crippen molar-refractivity contribution in [3.8, 4) is 11.5 Å². The molecule has 0 atom stereocenters. The minimum Gasteiger partial charge on any atom is -0.507 e. The third kappa shape index (κ3) is 8.80. The van der Waals surface area contributed by atoms with Crippen LogP contribution in [-0.4, -0.2) is 23.1 Å². The van der Waals surface area contributed by atoms with Gasteiger partial charge in [0.15, 0.2) is 0 Å². The third-order valence-electron chi connectivity index (χ3n) is 4.65. The second-order valence-corrected chi connectivity index (χ2v) is 6.72. The van der Waals surface area contributed by atoms with Gasteiger partial charge in [0.2, 0.25) is 0 Å². The second kappa shape index (κ2) is 13.6. The number of methoxy groups -OCH3 is 1. The van der Waals surface area contributed by atoms with E-state index in [1.807, 2.05) is 0 Å². The van der Waals surface area contributed by atoms with E-state index in [-0.39, 0.29) is 5.75 Å². The van der Waals surface area contributed by atoms with Gasteiger partial charge in [-0.25, -0.2) is 0 Å². The summed E-state index contributed by atoms with van der Waals surface area (Å²) in [6, 6.07) is 4.97. The zero-order valence-corrected chi connectivity index (χ0v) is 16.0. The van der Waals surface area contributed by atoms with Crippen molar-refractivity contribution in [2.45, 2.75) is 84.0 Å². The van der Waals surface area contributed by atoms with Crippen molar-refractivity contribution in [2.75, 3.05) is 7.11 Å². The van der Waals surface area contributed by atoms with Crippen LogP contribution in [0.3, 0.4) is 0 Å². The number of ether oxygens (including phenoxy) is 1. The summed E-state index contributed by atoms with van der Waals surface area (Å²) in [6.07, 6.45) is 14.8. The van der Waals surface area contributed by atoms with Crippen LogP contribution >= 0.6 is 0 Å². The van der Waals surface area contributed by atoms with Crippen molar-refractivity contribution in [2.24, 2.45) is 5.16 Å². The first-order valence-corrected chi connectivity index (χ1v) is 9.81. The average molecular weight is 350 g/mol. The van der Waals surface area contributed by atoms with Crippen molar-refractivity contribution in [1.29, 1.82) is 0 Å². The Kier molecular flexibility index (Phi) is 11.6. The van der Waals surface area contributed by atoms with Crippen LogP contribution in [0.2, 0.25) is 0 Å². The highest BCUT2D eigenvalue weighted by molar-refractivity contribution is 6.02. The molecular formula is C21H35NO3. The van der Waals surface area contributed by atoms with Crippen LogP contribution in [-0.2, 0) is 0 Å². The number of hydrogen-bond donors (Lipinski definition) is 2. The van der Waals surface area contributed by atoms with Gasteiger partial charge in [0.25, 0.3) is 0 Å². The van der Waals surface area contributed by atoms with Crippen LogP contribution in [0.15, 0.2) is 23.4 Å². The van der Waals surface area contributed by atoms with Gasteiger partial charge in [-0.2, -0.15) is 0 Å². The number of benzene rings is 1. The number of oxime groups is 1. The van der Waals surface area contributed by atoms with Gasteiger partial charge < -0.3 is 15.1 Å². The Morgan fingerprint density at radius 3 is 2.00 bits per heavy atom. The first-order valence-electron chi connectivity index (χ1n) is 9.81. The number of nitrogens with zero attached hydrogens (tertiary/aromatic N) is 1. The molecule has 4 nitrogen and oxygen atoms in total. The van der Waals surface area contributed by atoms with Gasteiger partial charge in [0, 0.05) is 5.56 Å². The topological polar surface area (TPSA) is 62.1 Å². The minimum atomic E-state index is 0.122. The van der Waals surface area contributed by atoms with E-state index in [1.54, 1.807) is 25.3 Å². The van der Waals surface area contributed by atoms with Gasteiger partial charge in [-0.3, -0.25) is 0 Å². The monoisotopic (exact) mass is 349 g/mol. The Balaban J connectivity index is 2.18. The van der Waals surface area contributed by atoms with Crippen molar-refractivity contribution in [1.82, 2.24) is 0 Å². The van der Waals surface area contributed by atoms with E-state index in [9.17, 15) is 10.3 Å². The number of rotatable bonds is 14. The third-order valence-corrected chi connectivity index (χ3v) is 4.65. The molecule has 0 fully saturated rings. The molecule has 0 amide bonds.